The molecule has 1 saturated heterocycles. The lowest BCUT2D eigenvalue weighted by molar-refractivity contribution is -0.385. The number of hydrogen-bond acceptors (Lipinski definition) is 7. The number of hydrogen-bond donors (Lipinski definition) is 2. The van der Waals surface area contributed by atoms with Gasteiger partial charge >= 0.3 is 5.97 Å². The summed E-state index contributed by atoms with van der Waals surface area (Å²) >= 11 is 0. The normalized spacial score (nSPS) is 17.1. The Labute approximate surface area is 195 Å². The van der Waals surface area contributed by atoms with Crippen molar-refractivity contribution in [2.75, 3.05) is 13.7 Å². The minimum atomic E-state index is -1.16. The van der Waals surface area contributed by atoms with Crippen LogP contribution in [-0.2, 0) is 14.4 Å². The number of rotatable bonds is 10. The number of nitrogens with zero attached hydrogens (tertiary/aromatic N) is 2. The second kappa shape index (κ2) is 10.6. The molecule has 2 aromatic carbocycles. The zero-order valence-electron chi connectivity index (χ0n) is 18.5. The van der Waals surface area contributed by atoms with Gasteiger partial charge in [-0.3, -0.25) is 24.5 Å². The highest BCUT2D eigenvalue weighted by molar-refractivity contribution is 6.46. The number of methoxy groups -OCH3 is 1. The Kier molecular flexibility index (Phi) is 7.62. The number of benzene rings is 2. The summed E-state index contributed by atoms with van der Waals surface area (Å²) in [5, 5.41) is 31.5. The van der Waals surface area contributed by atoms with Crippen LogP contribution in [0, 0.1) is 10.1 Å². The summed E-state index contributed by atoms with van der Waals surface area (Å²) in [6.45, 7) is 0.0697. The average molecular weight is 468 g/mol. The molecule has 3 rings (SSSR count). The number of Topliss-reactive ketones (excluding diaryl/α,β-unsaturated/α-hetero) is 1. The molecule has 0 spiro atoms. The fourth-order valence-corrected chi connectivity index (χ4v) is 3.96. The van der Waals surface area contributed by atoms with Crippen LogP contribution in [0.2, 0.25) is 0 Å². The Morgan fingerprint density at radius 1 is 1.06 bits per heavy atom. The summed E-state index contributed by atoms with van der Waals surface area (Å²) in [6.07, 6.45) is 1.24. The van der Waals surface area contributed by atoms with Crippen LogP contribution in [0.25, 0.3) is 5.76 Å². The van der Waals surface area contributed by atoms with Crippen molar-refractivity contribution >= 4 is 29.1 Å². The number of ketones is 1. The van der Waals surface area contributed by atoms with Crippen LogP contribution in [0.15, 0.2) is 54.1 Å². The van der Waals surface area contributed by atoms with Gasteiger partial charge in [0.1, 0.15) is 11.5 Å². The van der Waals surface area contributed by atoms with E-state index in [4.69, 9.17) is 9.84 Å². The third-order valence-electron chi connectivity index (χ3n) is 5.62. The Hall–Kier alpha value is -4.21. The first-order valence-corrected chi connectivity index (χ1v) is 10.6. The molecule has 0 unspecified atom stereocenters. The average Bonchev–Trinajstić information content (AvgIpc) is 3.08. The summed E-state index contributed by atoms with van der Waals surface area (Å²) in [6, 6.07) is 10.8. The van der Waals surface area contributed by atoms with Crippen molar-refractivity contribution in [3.05, 3.63) is 75.3 Å². The molecule has 0 saturated carbocycles. The fourth-order valence-electron chi connectivity index (χ4n) is 3.96. The number of aliphatic hydroxyl groups excluding tert-OH is 1. The smallest absolute Gasteiger partial charge is 0.303 e. The van der Waals surface area contributed by atoms with Crippen molar-refractivity contribution < 1.29 is 34.3 Å². The second-order valence-electron chi connectivity index (χ2n) is 7.74. The minimum Gasteiger partial charge on any atom is -0.507 e. The summed E-state index contributed by atoms with van der Waals surface area (Å²) in [4.78, 5) is 49.0. The lowest BCUT2D eigenvalue weighted by atomic mass is 9.94. The number of amides is 1. The number of carboxylic acids is 1. The first kappa shape index (κ1) is 24.4. The van der Waals surface area contributed by atoms with E-state index in [1.165, 1.54) is 42.3 Å². The third-order valence-corrected chi connectivity index (χ3v) is 5.62. The monoisotopic (exact) mass is 468 g/mol. The molecule has 0 bridgehead atoms. The Bertz CT molecular complexity index is 1140. The lowest BCUT2D eigenvalue weighted by Crippen LogP contribution is -2.31. The first-order chi connectivity index (χ1) is 16.3. The van der Waals surface area contributed by atoms with Crippen molar-refractivity contribution in [1.29, 1.82) is 0 Å². The van der Waals surface area contributed by atoms with Crippen molar-refractivity contribution in [2.24, 2.45) is 0 Å². The number of aliphatic hydroxyl groups is 1. The number of unbranched alkanes of at least 4 members (excludes halogenated alkanes) is 2. The van der Waals surface area contributed by atoms with E-state index < -0.39 is 34.4 Å². The number of likely N-dealkylation sites (tertiary alicyclic amines) is 1. The predicted molar refractivity (Wildman–Crippen MR) is 121 cm³/mol. The number of ether oxygens (including phenoxy) is 1. The summed E-state index contributed by atoms with van der Waals surface area (Å²) in [5.74, 6) is -2.68. The van der Waals surface area contributed by atoms with Gasteiger partial charge in [-0.2, -0.15) is 0 Å². The number of aliphatic carboxylic acids is 1. The van der Waals surface area contributed by atoms with Crippen LogP contribution >= 0.6 is 0 Å². The molecular formula is C24H24N2O8. The van der Waals surface area contributed by atoms with Crippen molar-refractivity contribution in [2.45, 2.75) is 31.7 Å². The number of carboxylic acid groups (broad SMARTS) is 1. The summed E-state index contributed by atoms with van der Waals surface area (Å²) in [5.41, 5.74) is -0.169. The van der Waals surface area contributed by atoms with Gasteiger partial charge in [-0.1, -0.05) is 18.6 Å². The topological polar surface area (TPSA) is 147 Å². The van der Waals surface area contributed by atoms with Gasteiger partial charge in [-0.05, 0) is 43.2 Å². The maximum absolute atomic E-state index is 13.0. The molecule has 10 nitrogen and oxygen atoms in total. The number of para-hydroxylation sites is 1. The molecule has 0 radical (unpaired) electrons. The van der Waals surface area contributed by atoms with Gasteiger partial charge in [0.15, 0.2) is 0 Å². The Morgan fingerprint density at radius 3 is 2.35 bits per heavy atom. The van der Waals surface area contributed by atoms with E-state index in [9.17, 15) is 29.6 Å². The fraction of sp³-hybridized carbons (Fsp3) is 0.292. The van der Waals surface area contributed by atoms with Crippen LogP contribution in [0.3, 0.4) is 0 Å². The molecule has 0 aromatic heterocycles. The molecule has 2 N–H and O–H groups in total. The third kappa shape index (κ3) is 5.06. The number of nitro groups is 1. The molecule has 1 aliphatic rings. The van der Waals surface area contributed by atoms with E-state index in [2.05, 4.69) is 0 Å². The van der Waals surface area contributed by atoms with Gasteiger partial charge < -0.3 is 19.8 Å². The molecular weight excluding hydrogens is 444 g/mol. The van der Waals surface area contributed by atoms with E-state index in [1.54, 1.807) is 18.2 Å². The van der Waals surface area contributed by atoms with Crippen LogP contribution in [0.4, 0.5) is 5.69 Å². The minimum absolute atomic E-state index is 0.0239. The van der Waals surface area contributed by atoms with Gasteiger partial charge in [-0.15, -0.1) is 0 Å². The molecule has 1 amide bonds. The highest BCUT2D eigenvalue weighted by Gasteiger charge is 2.47. The standard InChI is InChI=1S/C24H24N2O8/c1-34-16-12-10-15(11-13-16)22(29)20-21(17-7-4-5-8-18(17)26(32)33)25(24(31)23(20)30)14-6-2-3-9-19(27)28/h4-5,7-8,10-13,21,29H,2-3,6,9,14H2,1H3,(H,27,28)/t21-/m0/s1. The highest BCUT2D eigenvalue weighted by Crippen LogP contribution is 2.42. The van der Waals surface area contributed by atoms with E-state index in [0.717, 1.165) is 0 Å². The molecule has 1 fully saturated rings. The molecule has 178 valence electrons. The molecule has 1 atom stereocenters. The molecule has 10 heteroatoms. The Balaban J connectivity index is 2.06. The van der Waals surface area contributed by atoms with Crippen molar-refractivity contribution in [3.63, 3.8) is 0 Å². The quantitative estimate of drug-likeness (QED) is 0.134. The van der Waals surface area contributed by atoms with E-state index in [1.807, 2.05) is 0 Å². The van der Waals surface area contributed by atoms with Crippen LogP contribution in [0.5, 0.6) is 5.75 Å². The van der Waals surface area contributed by atoms with E-state index in [-0.39, 0.29) is 35.4 Å². The molecule has 34 heavy (non-hydrogen) atoms. The maximum Gasteiger partial charge on any atom is 0.303 e. The van der Waals surface area contributed by atoms with Gasteiger partial charge in [0.2, 0.25) is 0 Å². The highest BCUT2D eigenvalue weighted by atomic mass is 16.6. The second-order valence-corrected chi connectivity index (χ2v) is 7.74. The van der Waals surface area contributed by atoms with Gasteiger partial charge in [0, 0.05) is 24.6 Å². The SMILES string of the molecule is COc1ccc(C(O)=C2C(=O)C(=O)N(CCCCCC(=O)O)[C@H]2c2ccccc2[N+](=O)[O-])cc1. The number of carbonyl (C=O) groups is 3. The lowest BCUT2D eigenvalue weighted by Gasteiger charge is -2.25. The number of nitro benzene ring substituents is 1. The zero-order chi connectivity index (χ0) is 24.8. The van der Waals surface area contributed by atoms with Gasteiger partial charge in [0.25, 0.3) is 17.4 Å². The molecule has 1 heterocycles. The van der Waals surface area contributed by atoms with E-state index in [0.29, 0.717) is 25.0 Å². The Morgan fingerprint density at radius 2 is 1.74 bits per heavy atom. The zero-order valence-corrected chi connectivity index (χ0v) is 18.5. The molecule has 0 aliphatic carbocycles. The van der Waals surface area contributed by atoms with Crippen molar-refractivity contribution in [3.8, 4) is 5.75 Å². The molecule has 2 aromatic rings. The van der Waals surface area contributed by atoms with Gasteiger partial charge in [0.05, 0.1) is 29.2 Å². The van der Waals surface area contributed by atoms with Crippen LogP contribution in [-0.4, -0.2) is 51.4 Å². The van der Waals surface area contributed by atoms with Crippen LogP contribution in [0.1, 0.15) is 42.9 Å². The first-order valence-electron chi connectivity index (χ1n) is 10.6. The maximum atomic E-state index is 13.0. The number of carbonyl (C=O) groups excluding carboxylic acids is 2. The molecule has 1 aliphatic heterocycles. The van der Waals surface area contributed by atoms with Crippen LogP contribution < -0.4 is 4.74 Å². The largest absolute Gasteiger partial charge is 0.507 e. The summed E-state index contributed by atoms with van der Waals surface area (Å²) < 4.78 is 5.10. The van der Waals surface area contributed by atoms with Crippen molar-refractivity contribution in [1.82, 2.24) is 4.90 Å². The van der Waals surface area contributed by atoms with Gasteiger partial charge in [-0.25, -0.2) is 0 Å². The van der Waals surface area contributed by atoms with E-state index >= 15 is 0 Å². The predicted octanol–water partition coefficient (Wildman–Crippen LogP) is 3.67. The summed E-state index contributed by atoms with van der Waals surface area (Å²) in [7, 11) is 1.48.